The molecule has 0 atom stereocenters. The van der Waals surface area contributed by atoms with Crippen molar-refractivity contribution < 1.29 is 9.59 Å². The number of halogens is 1. The average Bonchev–Trinajstić information content (AvgIpc) is 3.13. The van der Waals surface area contributed by atoms with Crippen molar-refractivity contribution in [2.45, 2.75) is 13.5 Å². The standard InChI is InChI=1S/C25H21ClN4O2/c1-17(31)28-21-12-10-18(11-13-21)25(32)29-27-14-20-16-30(24-9-5-3-7-22(20)24)15-19-6-2-4-8-23(19)26/h2-14,16H,15H2,1H3,(H,28,31)(H,29,32)/b27-14-. The van der Waals surface area contributed by atoms with Gasteiger partial charge < -0.3 is 9.88 Å². The summed E-state index contributed by atoms with van der Waals surface area (Å²) in [6.07, 6.45) is 3.63. The Morgan fingerprint density at radius 2 is 1.72 bits per heavy atom. The van der Waals surface area contributed by atoms with Gasteiger partial charge in [0, 0.05) is 52.4 Å². The van der Waals surface area contributed by atoms with Crippen LogP contribution in [0.2, 0.25) is 5.02 Å². The lowest BCUT2D eigenvalue weighted by Crippen LogP contribution is -2.17. The first-order chi connectivity index (χ1) is 15.5. The topological polar surface area (TPSA) is 75.5 Å². The normalized spacial score (nSPS) is 11.1. The van der Waals surface area contributed by atoms with Gasteiger partial charge in [-0.25, -0.2) is 5.43 Å². The van der Waals surface area contributed by atoms with E-state index in [1.807, 2.05) is 54.7 Å². The average molecular weight is 445 g/mol. The Morgan fingerprint density at radius 1 is 1.00 bits per heavy atom. The maximum absolute atomic E-state index is 12.4. The van der Waals surface area contributed by atoms with E-state index in [-0.39, 0.29) is 11.8 Å². The fraction of sp³-hybridized carbons (Fsp3) is 0.0800. The van der Waals surface area contributed by atoms with Crippen LogP contribution in [0.25, 0.3) is 10.9 Å². The molecule has 1 heterocycles. The molecule has 0 aliphatic carbocycles. The van der Waals surface area contributed by atoms with Crippen molar-refractivity contribution >= 4 is 46.2 Å². The van der Waals surface area contributed by atoms with Crippen LogP contribution in [0.4, 0.5) is 5.69 Å². The summed E-state index contributed by atoms with van der Waals surface area (Å²) in [6.45, 7) is 2.06. The van der Waals surface area contributed by atoms with Crippen LogP contribution in [-0.2, 0) is 11.3 Å². The van der Waals surface area contributed by atoms with Gasteiger partial charge in [-0.05, 0) is 42.0 Å². The Bertz CT molecular complexity index is 1310. The summed E-state index contributed by atoms with van der Waals surface area (Å²) in [6, 6.07) is 22.4. The lowest BCUT2D eigenvalue weighted by Gasteiger charge is -2.07. The first kappa shape index (κ1) is 21.3. The predicted molar refractivity (Wildman–Crippen MR) is 128 cm³/mol. The van der Waals surface area contributed by atoms with Gasteiger partial charge in [0.2, 0.25) is 5.91 Å². The number of carbonyl (C=O) groups is 2. The molecule has 0 bridgehead atoms. The van der Waals surface area contributed by atoms with E-state index in [4.69, 9.17) is 11.6 Å². The van der Waals surface area contributed by atoms with Crippen LogP contribution in [0, 0.1) is 0 Å². The van der Waals surface area contributed by atoms with Crippen molar-refractivity contribution in [2.24, 2.45) is 5.10 Å². The predicted octanol–water partition coefficient (Wildman–Crippen LogP) is 5.07. The van der Waals surface area contributed by atoms with E-state index in [0.717, 1.165) is 27.1 Å². The third-order valence-corrected chi connectivity index (χ3v) is 5.32. The number of nitrogens with zero attached hydrogens (tertiary/aromatic N) is 2. The van der Waals surface area contributed by atoms with Gasteiger partial charge >= 0.3 is 0 Å². The Balaban J connectivity index is 1.51. The molecule has 0 fully saturated rings. The number of para-hydroxylation sites is 1. The zero-order valence-electron chi connectivity index (χ0n) is 17.4. The largest absolute Gasteiger partial charge is 0.342 e. The molecule has 1 aromatic heterocycles. The molecule has 7 heteroatoms. The van der Waals surface area contributed by atoms with Crippen molar-refractivity contribution in [1.82, 2.24) is 9.99 Å². The maximum atomic E-state index is 12.4. The van der Waals surface area contributed by atoms with Gasteiger partial charge in [-0.2, -0.15) is 5.10 Å². The van der Waals surface area contributed by atoms with Gasteiger partial charge in [-0.3, -0.25) is 9.59 Å². The van der Waals surface area contributed by atoms with Crippen molar-refractivity contribution in [1.29, 1.82) is 0 Å². The Labute approximate surface area is 190 Å². The molecule has 0 spiro atoms. The molecule has 32 heavy (non-hydrogen) atoms. The molecular formula is C25H21ClN4O2. The molecule has 4 rings (SSSR count). The highest BCUT2D eigenvalue weighted by atomic mass is 35.5. The summed E-state index contributed by atoms with van der Waals surface area (Å²) in [7, 11) is 0. The molecule has 6 nitrogen and oxygen atoms in total. The van der Waals surface area contributed by atoms with E-state index < -0.39 is 0 Å². The summed E-state index contributed by atoms with van der Waals surface area (Å²) < 4.78 is 2.11. The van der Waals surface area contributed by atoms with E-state index in [0.29, 0.717) is 17.8 Å². The highest BCUT2D eigenvalue weighted by Gasteiger charge is 2.09. The zero-order valence-corrected chi connectivity index (χ0v) is 18.1. The zero-order chi connectivity index (χ0) is 22.5. The van der Waals surface area contributed by atoms with Gasteiger partial charge in [0.05, 0.1) is 6.21 Å². The van der Waals surface area contributed by atoms with Crippen LogP contribution in [0.3, 0.4) is 0 Å². The van der Waals surface area contributed by atoms with Crippen LogP contribution in [0.15, 0.2) is 84.1 Å². The van der Waals surface area contributed by atoms with Crippen molar-refractivity contribution in [3.8, 4) is 0 Å². The molecule has 0 unspecified atom stereocenters. The number of benzene rings is 3. The van der Waals surface area contributed by atoms with E-state index in [1.54, 1.807) is 30.5 Å². The number of fused-ring (bicyclic) bond motifs is 1. The van der Waals surface area contributed by atoms with Gasteiger partial charge in [0.25, 0.3) is 5.91 Å². The number of carbonyl (C=O) groups excluding carboxylic acids is 2. The lowest BCUT2D eigenvalue weighted by atomic mass is 10.2. The molecule has 2 N–H and O–H groups in total. The third kappa shape index (κ3) is 4.87. The molecule has 0 saturated heterocycles. The number of nitrogens with one attached hydrogen (secondary N) is 2. The molecule has 3 aromatic carbocycles. The molecule has 2 amide bonds. The van der Waals surface area contributed by atoms with Gasteiger partial charge in [0.1, 0.15) is 0 Å². The second-order valence-corrected chi connectivity index (χ2v) is 7.69. The van der Waals surface area contributed by atoms with E-state index >= 15 is 0 Å². The highest BCUT2D eigenvalue weighted by Crippen LogP contribution is 2.23. The molecule has 160 valence electrons. The highest BCUT2D eigenvalue weighted by molar-refractivity contribution is 6.31. The fourth-order valence-electron chi connectivity index (χ4n) is 3.45. The van der Waals surface area contributed by atoms with Crippen LogP contribution < -0.4 is 10.7 Å². The second kappa shape index (κ2) is 9.49. The Hall–Kier alpha value is -3.90. The van der Waals surface area contributed by atoms with Gasteiger partial charge in [0.15, 0.2) is 0 Å². The number of rotatable bonds is 6. The minimum atomic E-state index is -0.338. The molecule has 0 saturated carbocycles. The summed E-state index contributed by atoms with van der Waals surface area (Å²) >= 11 is 6.34. The Kier molecular flexibility index (Phi) is 6.33. The first-order valence-electron chi connectivity index (χ1n) is 10.0. The molecular weight excluding hydrogens is 424 g/mol. The number of aromatic nitrogens is 1. The maximum Gasteiger partial charge on any atom is 0.271 e. The number of hydrazone groups is 1. The summed E-state index contributed by atoms with van der Waals surface area (Å²) in [5.41, 5.74) is 6.58. The van der Waals surface area contributed by atoms with Gasteiger partial charge in [-0.1, -0.05) is 48.0 Å². The van der Waals surface area contributed by atoms with Crippen LogP contribution in [0.5, 0.6) is 0 Å². The van der Waals surface area contributed by atoms with E-state index in [2.05, 4.69) is 20.4 Å². The minimum Gasteiger partial charge on any atom is -0.342 e. The van der Waals surface area contributed by atoms with Gasteiger partial charge in [-0.15, -0.1) is 0 Å². The fourth-order valence-corrected chi connectivity index (χ4v) is 3.65. The summed E-state index contributed by atoms with van der Waals surface area (Å²) in [5, 5.41) is 8.55. The number of anilines is 1. The number of amides is 2. The van der Waals surface area contributed by atoms with E-state index in [1.165, 1.54) is 6.92 Å². The second-order valence-electron chi connectivity index (χ2n) is 7.28. The van der Waals surface area contributed by atoms with Crippen LogP contribution in [0.1, 0.15) is 28.4 Å². The van der Waals surface area contributed by atoms with Crippen molar-refractivity contribution in [3.63, 3.8) is 0 Å². The van der Waals surface area contributed by atoms with Crippen molar-refractivity contribution in [3.05, 3.63) is 101 Å². The third-order valence-electron chi connectivity index (χ3n) is 4.96. The quantitative estimate of drug-likeness (QED) is 0.322. The smallest absolute Gasteiger partial charge is 0.271 e. The SMILES string of the molecule is CC(=O)Nc1ccc(C(=O)N/N=C\c2cn(Cc3ccccc3Cl)c3ccccc23)cc1. The van der Waals surface area contributed by atoms with Crippen LogP contribution in [-0.4, -0.2) is 22.6 Å². The lowest BCUT2D eigenvalue weighted by molar-refractivity contribution is -0.114. The molecule has 0 aliphatic heterocycles. The summed E-state index contributed by atoms with van der Waals surface area (Å²) in [5.74, 6) is -0.504. The summed E-state index contributed by atoms with van der Waals surface area (Å²) in [4.78, 5) is 23.5. The monoisotopic (exact) mass is 444 g/mol. The van der Waals surface area contributed by atoms with E-state index in [9.17, 15) is 9.59 Å². The minimum absolute atomic E-state index is 0.166. The number of hydrogen-bond acceptors (Lipinski definition) is 3. The van der Waals surface area contributed by atoms with Crippen molar-refractivity contribution in [2.75, 3.05) is 5.32 Å². The molecule has 0 aliphatic rings. The first-order valence-corrected chi connectivity index (χ1v) is 10.4. The molecule has 4 aromatic rings. The Morgan fingerprint density at radius 3 is 2.47 bits per heavy atom. The number of hydrogen-bond donors (Lipinski definition) is 2. The van der Waals surface area contributed by atoms with Crippen LogP contribution >= 0.6 is 11.6 Å². The molecule has 0 radical (unpaired) electrons.